The van der Waals surface area contributed by atoms with Gasteiger partial charge in [0.2, 0.25) is 0 Å². The molecule has 0 aromatic heterocycles. The Morgan fingerprint density at radius 3 is 2.31 bits per heavy atom. The molecule has 16 heavy (non-hydrogen) atoms. The SMILES string of the molecule is C=C(CCC(C)(Cl)Cl)c1ccc(CBr)cc1. The Balaban J connectivity index is 2.59. The van der Waals surface area contributed by atoms with Gasteiger partial charge in [0.05, 0.1) is 0 Å². The van der Waals surface area contributed by atoms with Gasteiger partial charge in [0, 0.05) is 5.33 Å². The summed E-state index contributed by atoms with van der Waals surface area (Å²) in [5, 5.41) is 0.876. The van der Waals surface area contributed by atoms with E-state index in [1.165, 1.54) is 5.56 Å². The maximum absolute atomic E-state index is 5.93. The molecule has 0 atom stereocenters. The Kier molecular flexibility index (Phi) is 5.36. The Labute approximate surface area is 116 Å². The third kappa shape index (κ3) is 4.90. The summed E-state index contributed by atoms with van der Waals surface area (Å²) in [6, 6.07) is 8.35. The lowest BCUT2D eigenvalue weighted by molar-refractivity contribution is 0.772. The first-order valence-electron chi connectivity index (χ1n) is 5.13. The van der Waals surface area contributed by atoms with E-state index in [0.29, 0.717) is 0 Å². The summed E-state index contributed by atoms with van der Waals surface area (Å²) in [6.07, 6.45) is 1.53. The van der Waals surface area contributed by atoms with Crippen LogP contribution < -0.4 is 0 Å². The van der Waals surface area contributed by atoms with Gasteiger partial charge in [-0.05, 0) is 36.5 Å². The van der Waals surface area contributed by atoms with Crippen molar-refractivity contribution in [1.82, 2.24) is 0 Å². The van der Waals surface area contributed by atoms with Gasteiger partial charge >= 0.3 is 0 Å². The first-order valence-corrected chi connectivity index (χ1v) is 7.01. The van der Waals surface area contributed by atoms with Crippen LogP contribution in [0.3, 0.4) is 0 Å². The molecule has 0 aliphatic rings. The summed E-state index contributed by atoms with van der Waals surface area (Å²) in [5.41, 5.74) is 3.49. The van der Waals surface area contributed by atoms with E-state index in [9.17, 15) is 0 Å². The van der Waals surface area contributed by atoms with Crippen LogP contribution in [0, 0.1) is 0 Å². The minimum absolute atomic E-state index is 0.668. The van der Waals surface area contributed by atoms with Gasteiger partial charge in [0.15, 0.2) is 0 Å². The Morgan fingerprint density at radius 1 is 1.31 bits per heavy atom. The van der Waals surface area contributed by atoms with E-state index in [-0.39, 0.29) is 0 Å². The summed E-state index contributed by atoms with van der Waals surface area (Å²) in [6.45, 7) is 5.86. The largest absolute Gasteiger partial charge is 0.115 e. The van der Waals surface area contributed by atoms with Gasteiger partial charge in [-0.2, -0.15) is 0 Å². The van der Waals surface area contributed by atoms with E-state index in [4.69, 9.17) is 23.2 Å². The third-order valence-corrected chi connectivity index (χ3v) is 3.41. The lowest BCUT2D eigenvalue weighted by atomic mass is 10.0. The molecule has 0 fully saturated rings. The normalized spacial score (nSPS) is 11.5. The average molecular weight is 322 g/mol. The molecule has 3 heteroatoms. The molecule has 1 aromatic rings. The average Bonchev–Trinajstić information content (AvgIpc) is 2.25. The predicted octanol–water partition coefficient (Wildman–Crippen LogP) is 5.57. The highest BCUT2D eigenvalue weighted by Crippen LogP contribution is 2.30. The molecular formula is C13H15BrCl2. The van der Waals surface area contributed by atoms with Crippen molar-refractivity contribution in [2.45, 2.75) is 29.4 Å². The van der Waals surface area contributed by atoms with Gasteiger partial charge in [-0.15, -0.1) is 23.2 Å². The molecule has 0 spiro atoms. The van der Waals surface area contributed by atoms with Crippen molar-refractivity contribution in [3.8, 4) is 0 Å². The Hall–Kier alpha value is 0.0200. The van der Waals surface area contributed by atoms with E-state index in [1.54, 1.807) is 6.92 Å². The van der Waals surface area contributed by atoms with Crippen molar-refractivity contribution in [2.24, 2.45) is 0 Å². The Morgan fingerprint density at radius 2 is 1.88 bits per heavy atom. The Bertz CT molecular complexity index is 349. The molecule has 0 nitrogen and oxygen atoms in total. The van der Waals surface area contributed by atoms with Crippen LogP contribution >= 0.6 is 39.1 Å². The van der Waals surface area contributed by atoms with Gasteiger partial charge in [-0.1, -0.05) is 46.8 Å². The molecule has 0 amide bonds. The van der Waals surface area contributed by atoms with Gasteiger partial charge in [0.1, 0.15) is 4.33 Å². The molecule has 0 saturated heterocycles. The molecular weight excluding hydrogens is 307 g/mol. The van der Waals surface area contributed by atoms with Crippen LogP contribution in [0.25, 0.3) is 5.57 Å². The molecule has 0 aliphatic carbocycles. The van der Waals surface area contributed by atoms with Crippen molar-refractivity contribution in [1.29, 1.82) is 0 Å². The molecule has 88 valence electrons. The van der Waals surface area contributed by atoms with E-state index < -0.39 is 4.33 Å². The van der Waals surface area contributed by atoms with Crippen molar-refractivity contribution < 1.29 is 0 Å². The lowest BCUT2D eigenvalue weighted by Gasteiger charge is -2.14. The van der Waals surface area contributed by atoms with Crippen molar-refractivity contribution in [3.05, 3.63) is 42.0 Å². The molecule has 1 aromatic carbocycles. The molecule has 0 aliphatic heterocycles. The fraction of sp³-hybridized carbons (Fsp3) is 0.385. The number of hydrogen-bond acceptors (Lipinski definition) is 0. The molecule has 1 rings (SSSR count). The number of rotatable bonds is 5. The quantitative estimate of drug-likeness (QED) is 0.622. The zero-order valence-electron chi connectivity index (χ0n) is 9.27. The van der Waals surface area contributed by atoms with Gasteiger partial charge < -0.3 is 0 Å². The lowest BCUT2D eigenvalue weighted by Crippen LogP contribution is -2.05. The van der Waals surface area contributed by atoms with Crippen LogP contribution in [-0.4, -0.2) is 4.33 Å². The van der Waals surface area contributed by atoms with E-state index in [0.717, 1.165) is 29.3 Å². The minimum atomic E-state index is -0.668. The number of alkyl halides is 3. The molecule has 0 saturated carbocycles. The zero-order chi connectivity index (χ0) is 12.2. The zero-order valence-corrected chi connectivity index (χ0v) is 12.4. The summed E-state index contributed by atoms with van der Waals surface area (Å²) >= 11 is 15.3. The third-order valence-electron chi connectivity index (χ3n) is 2.38. The van der Waals surface area contributed by atoms with Crippen LogP contribution in [0.1, 0.15) is 30.9 Å². The molecule has 0 unspecified atom stereocenters. The van der Waals surface area contributed by atoms with Gasteiger partial charge in [-0.3, -0.25) is 0 Å². The predicted molar refractivity (Wildman–Crippen MR) is 77.5 cm³/mol. The summed E-state index contributed by atoms with van der Waals surface area (Å²) in [4.78, 5) is 0. The van der Waals surface area contributed by atoms with E-state index in [1.807, 2.05) is 0 Å². The maximum atomic E-state index is 5.93. The highest BCUT2D eigenvalue weighted by atomic mass is 79.9. The van der Waals surface area contributed by atoms with Crippen molar-refractivity contribution in [2.75, 3.05) is 0 Å². The van der Waals surface area contributed by atoms with Gasteiger partial charge in [0.25, 0.3) is 0 Å². The first-order chi connectivity index (χ1) is 7.42. The van der Waals surface area contributed by atoms with Crippen LogP contribution in [0.4, 0.5) is 0 Å². The fourth-order valence-electron chi connectivity index (χ4n) is 1.34. The number of halogens is 3. The van der Waals surface area contributed by atoms with Crippen LogP contribution in [-0.2, 0) is 5.33 Å². The molecule has 0 bridgehead atoms. The van der Waals surface area contributed by atoms with Gasteiger partial charge in [-0.25, -0.2) is 0 Å². The number of benzene rings is 1. The molecule has 0 N–H and O–H groups in total. The monoisotopic (exact) mass is 320 g/mol. The smallest absolute Gasteiger partial charge is 0.102 e. The molecule has 0 radical (unpaired) electrons. The van der Waals surface area contributed by atoms with Crippen LogP contribution in [0.2, 0.25) is 0 Å². The van der Waals surface area contributed by atoms with Crippen molar-refractivity contribution >= 4 is 44.7 Å². The summed E-state index contributed by atoms with van der Waals surface area (Å²) in [7, 11) is 0. The fourth-order valence-corrected chi connectivity index (χ4v) is 1.91. The minimum Gasteiger partial charge on any atom is -0.102 e. The highest BCUT2D eigenvalue weighted by Gasteiger charge is 2.16. The second-order valence-corrected chi connectivity index (χ2v) is 6.43. The highest BCUT2D eigenvalue weighted by molar-refractivity contribution is 9.08. The second kappa shape index (κ2) is 6.09. The standard InChI is InChI=1S/C13H15BrCl2/c1-10(7-8-13(2,15)16)12-5-3-11(9-14)4-6-12/h3-6H,1,7-9H2,2H3. The van der Waals surface area contributed by atoms with Crippen LogP contribution in [0.5, 0.6) is 0 Å². The maximum Gasteiger partial charge on any atom is 0.115 e. The molecule has 0 heterocycles. The van der Waals surface area contributed by atoms with E-state index in [2.05, 4.69) is 46.8 Å². The van der Waals surface area contributed by atoms with Crippen LogP contribution in [0.15, 0.2) is 30.8 Å². The number of hydrogen-bond donors (Lipinski definition) is 0. The van der Waals surface area contributed by atoms with Crippen molar-refractivity contribution in [3.63, 3.8) is 0 Å². The topological polar surface area (TPSA) is 0 Å². The first kappa shape index (κ1) is 14.1. The summed E-state index contributed by atoms with van der Waals surface area (Å²) in [5.74, 6) is 0. The number of allylic oxidation sites excluding steroid dienone is 1. The van der Waals surface area contributed by atoms with E-state index >= 15 is 0 Å². The second-order valence-electron chi connectivity index (χ2n) is 4.00. The summed E-state index contributed by atoms with van der Waals surface area (Å²) < 4.78 is -0.668.